The van der Waals surface area contributed by atoms with Gasteiger partial charge in [0.1, 0.15) is 11.5 Å². The van der Waals surface area contributed by atoms with Gasteiger partial charge in [0, 0.05) is 23.8 Å². The lowest BCUT2D eigenvalue weighted by Gasteiger charge is -2.14. The van der Waals surface area contributed by atoms with Crippen LogP contribution >= 0.6 is 11.6 Å². The molecule has 1 heterocycles. The molecule has 3 N–H and O–H groups in total. The second-order valence-electron chi connectivity index (χ2n) is 6.83. The van der Waals surface area contributed by atoms with Gasteiger partial charge in [-0.1, -0.05) is 23.7 Å². The minimum atomic E-state index is 0.303. The molecule has 1 saturated heterocycles. The van der Waals surface area contributed by atoms with Crippen LogP contribution in [0.4, 0.5) is 5.69 Å². The summed E-state index contributed by atoms with van der Waals surface area (Å²) in [6, 6.07) is 11.5. The highest BCUT2D eigenvalue weighted by atomic mass is 35.5. The second-order valence-corrected chi connectivity index (χ2v) is 7.23. The summed E-state index contributed by atoms with van der Waals surface area (Å²) in [5, 5.41) is 3.55. The molecular formula is C21H26ClN3O3. The van der Waals surface area contributed by atoms with E-state index in [9.17, 15) is 0 Å². The smallest absolute Gasteiger partial charge is 0.193 e. The normalized spacial score (nSPS) is 16.8. The summed E-state index contributed by atoms with van der Waals surface area (Å²) >= 11 is 6.14. The first-order valence-corrected chi connectivity index (χ1v) is 9.63. The molecule has 1 aliphatic rings. The van der Waals surface area contributed by atoms with Gasteiger partial charge >= 0.3 is 0 Å². The van der Waals surface area contributed by atoms with E-state index in [0.29, 0.717) is 35.8 Å². The number of aryl methyl sites for hydroxylation is 1. The van der Waals surface area contributed by atoms with Crippen LogP contribution in [0.2, 0.25) is 5.02 Å². The van der Waals surface area contributed by atoms with Gasteiger partial charge in [0.05, 0.1) is 31.9 Å². The van der Waals surface area contributed by atoms with Crippen LogP contribution in [0.25, 0.3) is 0 Å². The lowest BCUT2D eigenvalue weighted by Crippen LogP contribution is -2.22. The first-order valence-electron chi connectivity index (χ1n) is 9.25. The van der Waals surface area contributed by atoms with Gasteiger partial charge in [-0.3, -0.25) is 0 Å². The Hall–Kier alpha value is -2.44. The summed E-state index contributed by atoms with van der Waals surface area (Å²) in [6.07, 6.45) is 1.04. The van der Waals surface area contributed by atoms with Gasteiger partial charge in [-0.25, -0.2) is 4.99 Å². The molecular weight excluding hydrogens is 378 g/mol. The van der Waals surface area contributed by atoms with E-state index in [-0.39, 0.29) is 0 Å². The second kappa shape index (κ2) is 9.66. The lowest BCUT2D eigenvalue weighted by molar-refractivity contribution is 0.166. The molecule has 0 bridgehead atoms. The predicted molar refractivity (Wildman–Crippen MR) is 113 cm³/mol. The van der Waals surface area contributed by atoms with Gasteiger partial charge in [-0.15, -0.1) is 0 Å². The molecule has 6 nitrogen and oxygen atoms in total. The van der Waals surface area contributed by atoms with Crippen molar-refractivity contribution in [3.8, 4) is 11.5 Å². The van der Waals surface area contributed by atoms with Crippen molar-refractivity contribution in [1.29, 1.82) is 0 Å². The van der Waals surface area contributed by atoms with Crippen LogP contribution in [0.3, 0.4) is 0 Å². The van der Waals surface area contributed by atoms with Crippen molar-refractivity contribution in [2.24, 2.45) is 16.6 Å². The van der Waals surface area contributed by atoms with Crippen molar-refractivity contribution < 1.29 is 14.2 Å². The maximum absolute atomic E-state index is 6.14. The summed E-state index contributed by atoms with van der Waals surface area (Å²) in [4.78, 5) is 4.44. The Morgan fingerprint density at radius 2 is 2.14 bits per heavy atom. The Morgan fingerprint density at radius 3 is 2.86 bits per heavy atom. The molecule has 28 heavy (non-hydrogen) atoms. The standard InChI is InChI=1S/C21H26ClN3O3/c1-14-3-4-16(20(9-14)28-13-15-7-8-27-12-15)11-24-21(23)25-17-5-6-19(26-2)18(22)10-17/h3-6,9-10,15H,7-8,11-13H2,1-2H3,(H3,23,24,25). The number of hydrogen-bond acceptors (Lipinski definition) is 4. The van der Waals surface area contributed by atoms with E-state index in [4.69, 9.17) is 31.5 Å². The molecule has 0 saturated carbocycles. The lowest BCUT2D eigenvalue weighted by atomic mass is 10.1. The number of hydrogen-bond donors (Lipinski definition) is 2. The van der Waals surface area contributed by atoms with Crippen LogP contribution in [0.15, 0.2) is 41.4 Å². The molecule has 7 heteroatoms. The van der Waals surface area contributed by atoms with Crippen LogP contribution in [-0.2, 0) is 11.3 Å². The molecule has 150 valence electrons. The van der Waals surface area contributed by atoms with Crippen LogP contribution < -0.4 is 20.5 Å². The molecule has 0 aliphatic carbocycles. The third-order valence-corrected chi connectivity index (χ3v) is 4.86. The number of anilines is 1. The highest BCUT2D eigenvalue weighted by molar-refractivity contribution is 6.32. The molecule has 1 fully saturated rings. The van der Waals surface area contributed by atoms with Crippen molar-refractivity contribution >= 4 is 23.2 Å². The number of benzene rings is 2. The molecule has 2 aromatic rings. The Bertz CT molecular complexity index is 836. The Kier molecular flexibility index (Phi) is 7.01. The van der Waals surface area contributed by atoms with Crippen molar-refractivity contribution in [2.45, 2.75) is 19.9 Å². The molecule has 1 unspecified atom stereocenters. The number of nitrogens with one attached hydrogen (secondary N) is 1. The monoisotopic (exact) mass is 403 g/mol. The molecule has 2 aromatic carbocycles. The average molecular weight is 404 g/mol. The molecule has 1 atom stereocenters. The van der Waals surface area contributed by atoms with Gasteiger partial charge in [-0.05, 0) is 43.2 Å². The van der Waals surface area contributed by atoms with Crippen LogP contribution in [0.1, 0.15) is 17.5 Å². The van der Waals surface area contributed by atoms with E-state index in [1.807, 2.05) is 31.2 Å². The summed E-state index contributed by atoms with van der Waals surface area (Å²) in [5.41, 5.74) is 8.91. The molecule has 0 aromatic heterocycles. The van der Waals surface area contributed by atoms with Gasteiger partial charge in [0.25, 0.3) is 0 Å². The summed E-state index contributed by atoms with van der Waals surface area (Å²) in [7, 11) is 1.57. The van der Waals surface area contributed by atoms with Crippen LogP contribution in [0, 0.1) is 12.8 Å². The maximum atomic E-state index is 6.14. The molecule has 0 spiro atoms. The molecule has 3 rings (SSSR count). The number of nitrogens with two attached hydrogens (primary N) is 1. The van der Waals surface area contributed by atoms with Crippen molar-refractivity contribution in [2.75, 3.05) is 32.2 Å². The van der Waals surface area contributed by atoms with Gasteiger partial charge in [0.15, 0.2) is 5.96 Å². The molecule has 0 amide bonds. The largest absolute Gasteiger partial charge is 0.495 e. The predicted octanol–water partition coefficient (Wildman–Crippen LogP) is 4.00. The number of rotatable bonds is 7. The quantitative estimate of drug-likeness (QED) is 0.539. The summed E-state index contributed by atoms with van der Waals surface area (Å²) in [5.74, 6) is 2.20. The maximum Gasteiger partial charge on any atom is 0.193 e. The SMILES string of the molecule is COc1ccc(NC(N)=NCc2ccc(C)cc2OCC2CCOC2)cc1Cl. The van der Waals surface area contributed by atoms with Gasteiger partial charge in [-0.2, -0.15) is 0 Å². The van der Waals surface area contributed by atoms with E-state index in [2.05, 4.69) is 10.3 Å². The summed E-state index contributed by atoms with van der Waals surface area (Å²) in [6.45, 7) is 4.69. The zero-order valence-corrected chi connectivity index (χ0v) is 17.0. The van der Waals surface area contributed by atoms with Gasteiger partial charge < -0.3 is 25.3 Å². The number of aliphatic imine (C=N–C) groups is 1. The Morgan fingerprint density at radius 1 is 1.29 bits per heavy atom. The van der Waals surface area contributed by atoms with Crippen LogP contribution in [0.5, 0.6) is 11.5 Å². The summed E-state index contributed by atoms with van der Waals surface area (Å²) < 4.78 is 16.6. The zero-order chi connectivity index (χ0) is 19.9. The number of guanidine groups is 1. The fourth-order valence-corrected chi connectivity index (χ4v) is 3.21. The van der Waals surface area contributed by atoms with Crippen LogP contribution in [-0.4, -0.2) is 32.9 Å². The first-order chi connectivity index (χ1) is 13.5. The van der Waals surface area contributed by atoms with E-state index in [1.54, 1.807) is 19.2 Å². The van der Waals surface area contributed by atoms with E-state index < -0.39 is 0 Å². The van der Waals surface area contributed by atoms with E-state index >= 15 is 0 Å². The minimum Gasteiger partial charge on any atom is -0.495 e. The number of ether oxygens (including phenoxy) is 3. The number of nitrogens with zero attached hydrogens (tertiary/aromatic N) is 1. The van der Waals surface area contributed by atoms with E-state index in [0.717, 1.165) is 42.2 Å². The Labute approximate surface area is 170 Å². The number of halogens is 1. The van der Waals surface area contributed by atoms with Crippen molar-refractivity contribution in [3.63, 3.8) is 0 Å². The fraction of sp³-hybridized carbons (Fsp3) is 0.381. The topological polar surface area (TPSA) is 78.1 Å². The fourth-order valence-electron chi connectivity index (χ4n) is 2.95. The van der Waals surface area contributed by atoms with Crippen molar-refractivity contribution in [1.82, 2.24) is 0 Å². The molecule has 1 aliphatic heterocycles. The highest BCUT2D eigenvalue weighted by Crippen LogP contribution is 2.27. The van der Waals surface area contributed by atoms with Crippen molar-refractivity contribution in [3.05, 3.63) is 52.5 Å². The third kappa shape index (κ3) is 5.53. The zero-order valence-electron chi connectivity index (χ0n) is 16.2. The van der Waals surface area contributed by atoms with Gasteiger partial charge in [0.2, 0.25) is 0 Å². The third-order valence-electron chi connectivity index (χ3n) is 4.57. The van der Waals surface area contributed by atoms with E-state index in [1.165, 1.54) is 0 Å². The first kappa shape index (κ1) is 20.3. The minimum absolute atomic E-state index is 0.303. The average Bonchev–Trinajstić information content (AvgIpc) is 3.19. The Balaban J connectivity index is 1.64. The number of methoxy groups -OCH3 is 1. The molecule has 0 radical (unpaired) electrons. The highest BCUT2D eigenvalue weighted by Gasteiger charge is 2.17.